The number of rotatable bonds is 5. The summed E-state index contributed by atoms with van der Waals surface area (Å²) in [6.45, 7) is 0.869. The van der Waals surface area contributed by atoms with Gasteiger partial charge in [0.1, 0.15) is 0 Å². The van der Waals surface area contributed by atoms with Crippen LogP contribution in [-0.4, -0.2) is 20.3 Å². The summed E-state index contributed by atoms with van der Waals surface area (Å²) in [4.78, 5) is 0. The molecule has 1 aromatic carbocycles. The molecule has 2 saturated carbocycles. The molecule has 3 heteroatoms. The lowest BCUT2D eigenvalue weighted by atomic mass is 9.95. The highest BCUT2D eigenvalue weighted by Gasteiger charge is 2.39. The molecule has 3 nitrogen and oxygen atoms in total. The molecular formula is C16H23NO2. The number of fused-ring (bicyclic) bond motifs is 2. The monoisotopic (exact) mass is 261 g/mol. The zero-order valence-electron chi connectivity index (χ0n) is 11.8. The smallest absolute Gasteiger partial charge is 0.165 e. The van der Waals surface area contributed by atoms with Gasteiger partial charge in [-0.1, -0.05) is 18.6 Å². The predicted molar refractivity (Wildman–Crippen MR) is 75.6 cm³/mol. The van der Waals surface area contributed by atoms with Gasteiger partial charge in [0.15, 0.2) is 11.5 Å². The van der Waals surface area contributed by atoms with Crippen LogP contribution in [0.4, 0.5) is 0 Å². The van der Waals surface area contributed by atoms with Crippen LogP contribution in [0.2, 0.25) is 0 Å². The molecule has 0 unspecified atom stereocenters. The quantitative estimate of drug-likeness (QED) is 0.884. The van der Waals surface area contributed by atoms with E-state index in [0.717, 1.165) is 29.9 Å². The van der Waals surface area contributed by atoms with Crippen molar-refractivity contribution in [2.75, 3.05) is 14.2 Å². The van der Waals surface area contributed by atoms with E-state index in [4.69, 9.17) is 9.47 Å². The maximum absolute atomic E-state index is 5.48. The third-order valence-corrected chi connectivity index (χ3v) is 4.78. The molecule has 19 heavy (non-hydrogen) atoms. The zero-order valence-corrected chi connectivity index (χ0v) is 11.8. The molecule has 2 aliphatic rings. The number of benzene rings is 1. The van der Waals surface area contributed by atoms with Gasteiger partial charge in [0, 0.05) is 18.2 Å². The summed E-state index contributed by atoms with van der Waals surface area (Å²) in [5.41, 5.74) is 1.18. The van der Waals surface area contributed by atoms with Crippen molar-refractivity contribution in [3.63, 3.8) is 0 Å². The lowest BCUT2D eigenvalue weighted by Gasteiger charge is -2.23. The van der Waals surface area contributed by atoms with Crippen LogP contribution in [0.3, 0.4) is 0 Å². The fraction of sp³-hybridized carbons (Fsp3) is 0.625. The fourth-order valence-electron chi connectivity index (χ4n) is 3.83. The molecule has 1 N–H and O–H groups in total. The van der Waals surface area contributed by atoms with E-state index >= 15 is 0 Å². The van der Waals surface area contributed by atoms with Crippen molar-refractivity contribution < 1.29 is 9.47 Å². The summed E-state index contributed by atoms with van der Waals surface area (Å²) >= 11 is 0. The normalized spacial score (nSPS) is 28.6. The third kappa shape index (κ3) is 2.44. The first-order chi connectivity index (χ1) is 9.31. The highest BCUT2D eigenvalue weighted by Crippen LogP contribution is 2.44. The molecule has 0 saturated heterocycles. The van der Waals surface area contributed by atoms with Crippen LogP contribution in [0.25, 0.3) is 0 Å². The Morgan fingerprint density at radius 3 is 2.68 bits per heavy atom. The molecular weight excluding hydrogens is 238 g/mol. The van der Waals surface area contributed by atoms with Crippen LogP contribution < -0.4 is 14.8 Å². The maximum atomic E-state index is 5.48. The predicted octanol–water partition coefficient (Wildman–Crippen LogP) is 2.98. The minimum Gasteiger partial charge on any atom is -0.493 e. The van der Waals surface area contributed by atoms with Gasteiger partial charge < -0.3 is 14.8 Å². The first-order valence-corrected chi connectivity index (χ1v) is 7.25. The minimum absolute atomic E-state index is 0.703. The van der Waals surface area contributed by atoms with Gasteiger partial charge >= 0.3 is 0 Å². The van der Waals surface area contributed by atoms with Gasteiger partial charge in [-0.2, -0.15) is 0 Å². The van der Waals surface area contributed by atoms with E-state index in [-0.39, 0.29) is 0 Å². The van der Waals surface area contributed by atoms with Gasteiger partial charge in [0.25, 0.3) is 0 Å². The van der Waals surface area contributed by atoms with Crippen molar-refractivity contribution >= 4 is 0 Å². The number of ether oxygens (including phenoxy) is 2. The standard InChI is InChI=1S/C16H23NO2/c1-18-15-5-3-4-13(16(15)19-2)10-17-14-9-11-6-7-12(14)8-11/h3-5,11-12,14,17H,6-10H2,1-2H3/t11-,12-,14+/m0/s1. The molecule has 0 spiro atoms. The Balaban J connectivity index is 1.66. The molecule has 2 fully saturated rings. The van der Waals surface area contributed by atoms with Crippen molar-refractivity contribution in [2.45, 2.75) is 38.3 Å². The van der Waals surface area contributed by atoms with Crippen LogP contribution in [0, 0.1) is 11.8 Å². The average molecular weight is 261 g/mol. The van der Waals surface area contributed by atoms with Crippen LogP contribution >= 0.6 is 0 Å². The second-order valence-electron chi connectivity index (χ2n) is 5.81. The molecule has 0 radical (unpaired) electrons. The molecule has 1 aromatic rings. The average Bonchev–Trinajstić information content (AvgIpc) is 3.06. The van der Waals surface area contributed by atoms with Crippen LogP contribution in [0.15, 0.2) is 18.2 Å². The first kappa shape index (κ1) is 12.8. The van der Waals surface area contributed by atoms with E-state index in [9.17, 15) is 0 Å². The second kappa shape index (κ2) is 5.41. The number of hydrogen-bond acceptors (Lipinski definition) is 3. The Hall–Kier alpha value is -1.22. The van der Waals surface area contributed by atoms with Crippen molar-refractivity contribution in [1.29, 1.82) is 0 Å². The van der Waals surface area contributed by atoms with Gasteiger partial charge in [0.05, 0.1) is 14.2 Å². The molecule has 0 aromatic heterocycles. The third-order valence-electron chi connectivity index (χ3n) is 4.78. The fourth-order valence-corrected chi connectivity index (χ4v) is 3.83. The summed E-state index contributed by atoms with van der Waals surface area (Å²) in [7, 11) is 3.39. The SMILES string of the molecule is COc1cccc(CN[C@@H]2C[C@H]3CC[C@H]2C3)c1OC. The summed E-state index contributed by atoms with van der Waals surface area (Å²) in [5, 5.41) is 3.72. The summed E-state index contributed by atoms with van der Waals surface area (Å²) in [6, 6.07) is 6.79. The summed E-state index contributed by atoms with van der Waals surface area (Å²) in [6.07, 6.45) is 5.66. The van der Waals surface area contributed by atoms with Crippen LogP contribution in [0.1, 0.15) is 31.2 Å². The molecule has 3 rings (SSSR count). The Morgan fingerprint density at radius 1 is 1.16 bits per heavy atom. The van der Waals surface area contributed by atoms with Gasteiger partial charge in [-0.3, -0.25) is 0 Å². The van der Waals surface area contributed by atoms with Crippen LogP contribution in [0.5, 0.6) is 11.5 Å². The molecule has 0 heterocycles. The highest BCUT2D eigenvalue weighted by molar-refractivity contribution is 5.46. The van der Waals surface area contributed by atoms with E-state index in [1.165, 1.54) is 31.2 Å². The molecule has 0 amide bonds. The van der Waals surface area contributed by atoms with Gasteiger partial charge in [0.2, 0.25) is 0 Å². The highest BCUT2D eigenvalue weighted by atomic mass is 16.5. The van der Waals surface area contributed by atoms with E-state index in [1.54, 1.807) is 14.2 Å². The van der Waals surface area contributed by atoms with Crippen LogP contribution in [-0.2, 0) is 6.54 Å². The lowest BCUT2D eigenvalue weighted by molar-refractivity contribution is 0.336. The zero-order chi connectivity index (χ0) is 13.2. The van der Waals surface area contributed by atoms with E-state index < -0.39 is 0 Å². The Kier molecular flexibility index (Phi) is 3.65. The summed E-state index contributed by atoms with van der Waals surface area (Å²) in [5.74, 6) is 3.56. The lowest BCUT2D eigenvalue weighted by Crippen LogP contribution is -2.33. The Labute approximate surface area is 115 Å². The van der Waals surface area contributed by atoms with E-state index in [0.29, 0.717) is 6.04 Å². The molecule has 3 atom stereocenters. The molecule has 0 aliphatic heterocycles. The largest absolute Gasteiger partial charge is 0.493 e. The van der Waals surface area contributed by atoms with Gasteiger partial charge in [-0.25, -0.2) is 0 Å². The number of para-hydroxylation sites is 1. The van der Waals surface area contributed by atoms with Crippen molar-refractivity contribution in [2.24, 2.45) is 11.8 Å². The molecule has 104 valence electrons. The molecule has 2 bridgehead atoms. The minimum atomic E-state index is 0.703. The number of methoxy groups -OCH3 is 2. The Morgan fingerprint density at radius 2 is 2.05 bits per heavy atom. The second-order valence-corrected chi connectivity index (χ2v) is 5.81. The van der Waals surface area contributed by atoms with E-state index in [2.05, 4.69) is 11.4 Å². The first-order valence-electron chi connectivity index (χ1n) is 7.25. The van der Waals surface area contributed by atoms with E-state index in [1.807, 2.05) is 12.1 Å². The Bertz CT molecular complexity index is 446. The van der Waals surface area contributed by atoms with Crippen molar-refractivity contribution in [3.8, 4) is 11.5 Å². The summed E-state index contributed by atoms with van der Waals surface area (Å²) < 4.78 is 10.8. The topological polar surface area (TPSA) is 30.5 Å². The van der Waals surface area contributed by atoms with Crippen molar-refractivity contribution in [3.05, 3.63) is 23.8 Å². The number of nitrogens with one attached hydrogen (secondary N) is 1. The number of hydrogen-bond donors (Lipinski definition) is 1. The molecule has 2 aliphatic carbocycles. The van der Waals surface area contributed by atoms with Crippen molar-refractivity contribution in [1.82, 2.24) is 5.32 Å². The van der Waals surface area contributed by atoms with Gasteiger partial charge in [-0.05, 0) is 37.2 Å². The maximum Gasteiger partial charge on any atom is 0.165 e. The van der Waals surface area contributed by atoms with Gasteiger partial charge in [-0.15, -0.1) is 0 Å².